The van der Waals surface area contributed by atoms with Gasteiger partial charge in [0.1, 0.15) is 0 Å². The van der Waals surface area contributed by atoms with Crippen molar-refractivity contribution in [2.24, 2.45) is 0 Å². The lowest BCUT2D eigenvalue weighted by Gasteiger charge is -2.04. The summed E-state index contributed by atoms with van der Waals surface area (Å²) in [6.07, 6.45) is 1.83. The van der Waals surface area contributed by atoms with E-state index in [1.807, 2.05) is 30.3 Å². The maximum atomic E-state index is 5.74. The molecule has 0 aliphatic carbocycles. The molecule has 0 fully saturated rings. The Balaban J connectivity index is 2.51. The lowest BCUT2D eigenvalue weighted by atomic mass is 10.2. The van der Waals surface area contributed by atoms with Gasteiger partial charge in [0.2, 0.25) is 0 Å². The van der Waals surface area contributed by atoms with E-state index in [1.165, 1.54) is 0 Å². The molecule has 0 spiro atoms. The minimum absolute atomic E-state index is 0.804. The van der Waals surface area contributed by atoms with Gasteiger partial charge in [-0.3, -0.25) is 0 Å². The molecule has 1 rings (SSSR count). The Morgan fingerprint density at radius 1 is 1.42 bits per heavy atom. The van der Waals surface area contributed by atoms with Crippen molar-refractivity contribution in [2.75, 3.05) is 12.3 Å². The van der Waals surface area contributed by atoms with Crippen molar-refractivity contribution >= 4 is 5.69 Å². The molecule has 0 aromatic heterocycles. The van der Waals surface area contributed by atoms with Crippen molar-refractivity contribution in [3.05, 3.63) is 42.5 Å². The Hall–Kier alpha value is -1.28. The van der Waals surface area contributed by atoms with Crippen LogP contribution in [0.4, 0.5) is 5.69 Å². The van der Waals surface area contributed by atoms with Crippen LogP contribution in [0.5, 0.6) is 0 Å². The molecule has 3 N–H and O–H groups in total. The lowest BCUT2D eigenvalue weighted by molar-refractivity contribution is 0.762. The molecule has 0 bridgehead atoms. The van der Waals surface area contributed by atoms with Gasteiger partial charge in [-0.15, -0.1) is 6.58 Å². The van der Waals surface area contributed by atoms with Crippen molar-refractivity contribution in [3.8, 4) is 0 Å². The van der Waals surface area contributed by atoms with Gasteiger partial charge in [-0.05, 0) is 11.6 Å². The molecule has 0 aliphatic rings. The van der Waals surface area contributed by atoms with Gasteiger partial charge in [0.25, 0.3) is 0 Å². The zero-order valence-corrected chi connectivity index (χ0v) is 7.09. The fraction of sp³-hybridized carbons (Fsp3) is 0.200. The predicted molar refractivity (Wildman–Crippen MR) is 52.8 cm³/mol. The minimum atomic E-state index is 0.804. The van der Waals surface area contributed by atoms with E-state index >= 15 is 0 Å². The zero-order chi connectivity index (χ0) is 8.81. The highest BCUT2D eigenvalue weighted by Gasteiger charge is 1.94. The molecule has 2 heteroatoms. The molecule has 0 amide bonds. The van der Waals surface area contributed by atoms with Gasteiger partial charge in [0.05, 0.1) is 0 Å². The van der Waals surface area contributed by atoms with Gasteiger partial charge >= 0.3 is 0 Å². The molecule has 0 atom stereocenters. The van der Waals surface area contributed by atoms with Gasteiger partial charge in [-0.1, -0.05) is 24.3 Å². The van der Waals surface area contributed by atoms with Crippen LogP contribution in [0.2, 0.25) is 0 Å². The van der Waals surface area contributed by atoms with Crippen LogP contribution in [0.3, 0.4) is 0 Å². The van der Waals surface area contributed by atoms with Gasteiger partial charge in [0, 0.05) is 18.8 Å². The first-order valence-electron chi connectivity index (χ1n) is 3.99. The molecule has 2 nitrogen and oxygen atoms in total. The summed E-state index contributed by atoms with van der Waals surface area (Å²) < 4.78 is 0. The predicted octanol–water partition coefficient (Wildman–Crippen LogP) is 1.54. The van der Waals surface area contributed by atoms with Crippen LogP contribution in [-0.2, 0) is 6.54 Å². The Morgan fingerprint density at radius 2 is 2.17 bits per heavy atom. The Morgan fingerprint density at radius 3 is 2.83 bits per heavy atom. The minimum Gasteiger partial charge on any atom is -0.398 e. The van der Waals surface area contributed by atoms with Gasteiger partial charge in [-0.25, -0.2) is 0 Å². The maximum absolute atomic E-state index is 5.74. The summed E-state index contributed by atoms with van der Waals surface area (Å²) in [5, 5.41) is 3.19. The zero-order valence-electron chi connectivity index (χ0n) is 7.09. The summed E-state index contributed by atoms with van der Waals surface area (Å²) in [6.45, 7) is 5.24. The molecular weight excluding hydrogens is 148 g/mol. The van der Waals surface area contributed by atoms with Gasteiger partial charge < -0.3 is 11.1 Å². The topological polar surface area (TPSA) is 38.0 Å². The highest BCUT2D eigenvalue weighted by molar-refractivity contribution is 5.46. The number of nitrogens with two attached hydrogens (primary N) is 1. The monoisotopic (exact) mass is 162 g/mol. The van der Waals surface area contributed by atoms with Crippen LogP contribution in [0.15, 0.2) is 36.9 Å². The normalized spacial score (nSPS) is 9.67. The van der Waals surface area contributed by atoms with Crippen LogP contribution in [0.25, 0.3) is 0 Å². The fourth-order valence-electron chi connectivity index (χ4n) is 1.00. The molecule has 12 heavy (non-hydrogen) atoms. The van der Waals surface area contributed by atoms with E-state index in [-0.39, 0.29) is 0 Å². The summed E-state index contributed by atoms with van der Waals surface area (Å²) >= 11 is 0. The lowest BCUT2D eigenvalue weighted by Crippen LogP contribution is -2.13. The number of nitrogens with one attached hydrogen (secondary N) is 1. The van der Waals surface area contributed by atoms with Crippen LogP contribution >= 0.6 is 0 Å². The number of nitrogen functional groups attached to an aromatic ring is 1. The van der Waals surface area contributed by atoms with Crippen LogP contribution in [0, 0.1) is 0 Å². The molecule has 0 radical (unpaired) electrons. The van der Waals surface area contributed by atoms with E-state index in [4.69, 9.17) is 5.73 Å². The van der Waals surface area contributed by atoms with Crippen LogP contribution in [0.1, 0.15) is 5.56 Å². The largest absolute Gasteiger partial charge is 0.398 e. The number of anilines is 1. The Kier molecular flexibility index (Phi) is 3.35. The summed E-state index contributed by atoms with van der Waals surface area (Å²) in [7, 11) is 0. The highest BCUT2D eigenvalue weighted by Crippen LogP contribution is 2.09. The molecule has 0 aliphatic heterocycles. The molecular formula is C10H14N2. The number of rotatable bonds is 4. The van der Waals surface area contributed by atoms with Crippen LogP contribution in [-0.4, -0.2) is 6.54 Å². The van der Waals surface area contributed by atoms with Crippen molar-refractivity contribution in [2.45, 2.75) is 6.54 Å². The van der Waals surface area contributed by atoms with Crippen molar-refractivity contribution < 1.29 is 0 Å². The first kappa shape index (κ1) is 8.81. The first-order chi connectivity index (χ1) is 5.84. The maximum Gasteiger partial charge on any atom is 0.0359 e. The molecule has 0 saturated carbocycles. The third-order valence-corrected chi connectivity index (χ3v) is 1.66. The summed E-state index contributed by atoms with van der Waals surface area (Å²) in [4.78, 5) is 0. The number of hydrogen-bond donors (Lipinski definition) is 2. The summed E-state index contributed by atoms with van der Waals surface area (Å²) in [6, 6.07) is 7.85. The van der Waals surface area contributed by atoms with Crippen molar-refractivity contribution in [1.82, 2.24) is 5.32 Å². The van der Waals surface area contributed by atoms with E-state index in [0.717, 1.165) is 24.3 Å². The standard InChI is InChI=1S/C10H14N2/c1-2-7-12-8-9-5-3-4-6-10(9)11/h2-6,12H,1,7-8,11H2. The van der Waals surface area contributed by atoms with Crippen molar-refractivity contribution in [3.63, 3.8) is 0 Å². The van der Waals surface area contributed by atoms with Gasteiger partial charge in [0.15, 0.2) is 0 Å². The third kappa shape index (κ3) is 2.40. The van der Waals surface area contributed by atoms with Gasteiger partial charge in [-0.2, -0.15) is 0 Å². The van der Waals surface area contributed by atoms with Crippen LogP contribution < -0.4 is 11.1 Å². The molecule has 1 aromatic rings. The first-order valence-corrected chi connectivity index (χ1v) is 3.99. The molecule has 1 aromatic carbocycles. The summed E-state index contributed by atoms with van der Waals surface area (Å²) in [5.74, 6) is 0. The molecule has 0 saturated heterocycles. The second-order valence-electron chi connectivity index (χ2n) is 2.62. The van der Waals surface area contributed by atoms with Crippen molar-refractivity contribution in [1.29, 1.82) is 0 Å². The van der Waals surface area contributed by atoms with E-state index in [0.29, 0.717) is 0 Å². The quantitative estimate of drug-likeness (QED) is 0.400. The Labute approximate surface area is 73.1 Å². The molecule has 64 valence electrons. The fourth-order valence-corrected chi connectivity index (χ4v) is 1.00. The molecule has 0 heterocycles. The number of para-hydroxylation sites is 1. The Bertz CT molecular complexity index is 256. The number of benzene rings is 1. The third-order valence-electron chi connectivity index (χ3n) is 1.66. The molecule has 0 unspecified atom stereocenters. The second-order valence-corrected chi connectivity index (χ2v) is 2.62. The highest BCUT2D eigenvalue weighted by atomic mass is 14.8. The average molecular weight is 162 g/mol. The van der Waals surface area contributed by atoms with E-state index in [9.17, 15) is 0 Å². The van der Waals surface area contributed by atoms with E-state index in [2.05, 4.69) is 11.9 Å². The average Bonchev–Trinajstić information content (AvgIpc) is 2.09. The number of hydrogen-bond acceptors (Lipinski definition) is 2. The van der Waals surface area contributed by atoms with E-state index < -0.39 is 0 Å². The second kappa shape index (κ2) is 4.57. The SMILES string of the molecule is C=CCNCc1ccccc1N. The van der Waals surface area contributed by atoms with E-state index in [1.54, 1.807) is 0 Å². The smallest absolute Gasteiger partial charge is 0.0359 e. The summed E-state index contributed by atoms with van der Waals surface area (Å²) in [5.41, 5.74) is 7.72.